The van der Waals surface area contributed by atoms with Crippen molar-refractivity contribution in [3.63, 3.8) is 0 Å². The molecule has 1 atom stereocenters. The van der Waals surface area contributed by atoms with Gasteiger partial charge in [-0.1, -0.05) is 54.6 Å². The number of anilines is 1. The Labute approximate surface area is 289 Å². The number of benzene rings is 4. The summed E-state index contributed by atoms with van der Waals surface area (Å²) in [5, 5.41) is 12.2. The molecule has 0 spiro atoms. The van der Waals surface area contributed by atoms with Gasteiger partial charge in [0.05, 0.1) is 23.3 Å². The number of para-hydroxylation sites is 1. The number of rotatable bonds is 11. The highest BCUT2D eigenvalue weighted by molar-refractivity contribution is 6.02. The molecule has 0 saturated carbocycles. The van der Waals surface area contributed by atoms with Gasteiger partial charge in [-0.05, 0) is 40.1 Å². The van der Waals surface area contributed by atoms with E-state index in [0.717, 1.165) is 4.57 Å². The van der Waals surface area contributed by atoms with E-state index in [1.54, 1.807) is 0 Å². The van der Waals surface area contributed by atoms with Crippen LogP contribution in [0.5, 0.6) is 0 Å². The van der Waals surface area contributed by atoms with Gasteiger partial charge in [0.2, 0.25) is 0 Å². The lowest BCUT2D eigenvalue weighted by atomic mass is 9.90. The van der Waals surface area contributed by atoms with Crippen LogP contribution in [-0.4, -0.2) is 60.6 Å². The molecule has 2 N–H and O–H groups in total. The van der Waals surface area contributed by atoms with Crippen LogP contribution < -0.4 is 15.8 Å². The van der Waals surface area contributed by atoms with Crippen molar-refractivity contribution >= 4 is 39.2 Å². The highest BCUT2D eigenvalue weighted by Crippen LogP contribution is 2.42. The zero-order valence-corrected chi connectivity index (χ0v) is 27.3. The number of carbonyl (C=O) groups is 2. The summed E-state index contributed by atoms with van der Waals surface area (Å²) in [7, 11) is 2.55. The maximum absolute atomic E-state index is 15.1. The number of nitrogens with one attached hydrogen (secondary N) is 1. The van der Waals surface area contributed by atoms with Crippen LogP contribution >= 0.6 is 0 Å². The molecule has 52 heavy (non-hydrogen) atoms. The van der Waals surface area contributed by atoms with E-state index in [1.165, 1.54) is 74.8 Å². The molecule has 0 aliphatic heterocycles. The second-order valence-corrected chi connectivity index (χ2v) is 11.8. The summed E-state index contributed by atoms with van der Waals surface area (Å²) >= 11 is 0. The smallest absolute Gasteiger partial charge is 0.417 e. The minimum Gasteiger partial charge on any atom is -0.480 e. The predicted molar refractivity (Wildman–Crippen MR) is 176 cm³/mol. The molecule has 0 saturated heterocycles. The summed E-state index contributed by atoms with van der Waals surface area (Å²) < 4.78 is 120. The number of nitrogens with zero attached hydrogens (tertiary/aromatic N) is 2. The molecule has 8 nitrogen and oxygen atoms in total. The number of fused-ring (bicyclic) bond motifs is 2. The third kappa shape index (κ3) is 7.71. The summed E-state index contributed by atoms with van der Waals surface area (Å²) in [5.74, 6) is -6.29. The first kappa shape index (κ1) is 37.7. The number of aryl methyl sites for hydroxylation is 1. The average Bonchev–Trinajstić information content (AvgIpc) is 3.06. The molecule has 0 radical (unpaired) electrons. The second kappa shape index (κ2) is 14.6. The van der Waals surface area contributed by atoms with Crippen molar-refractivity contribution in [3.05, 3.63) is 111 Å². The zero-order valence-electron chi connectivity index (χ0n) is 27.3. The van der Waals surface area contributed by atoms with Crippen LogP contribution in [0.1, 0.15) is 21.5 Å². The van der Waals surface area contributed by atoms with Crippen LogP contribution in [0.2, 0.25) is 0 Å². The summed E-state index contributed by atoms with van der Waals surface area (Å²) in [5.41, 5.74) is -4.37. The molecule has 0 bridgehead atoms. The van der Waals surface area contributed by atoms with E-state index >= 15 is 8.78 Å². The molecule has 5 aromatic rings. The van der Waals surface area contributed by atoms with Gasteiger partial charge in [0.1, 0.15) is 29.8 Å². The number of ether oxygens (including phenoxy) is 1. The molecule has 1 heterocycles. The monoisotopic (exact) mass is 735 g/mol. The van der Waals surface area contributed by atoms with Crippen LogP contribution in [0.3, 0.4) is 0 Å². The number of alkyl halides is 6. The molecule has 0 aliphatic rings. The number of methoxy groups -OCH3 is 1. The Morgan fingerprint density at radius 2 is 1.52 bits per heavy atom. The van der Waals surface area contributed by atoms with Crippen molar-refractivity contribution in [3.8, 4) is 11.1 Å². The fraction of sp³-hybridized carbons (Fsp3) is 0.250. The number of carbonyl (C=O) groups excluding carboxylic acids is 1. The van der Waals surface area contributed by atoms with Gasteiger partial charge < -0.3 is 24.6 Å². The summed E-state index contributed by atoms with van der Waals surface area (Å²) in [6, 6.07) is 13.2. The molecule has 5 rings (SSSR count). The number of carboxylic acids is 1. The Kier molecular flexibility index (Phi) is 10.6. The number of hydrogen-bond donors (Lipinski definition) is 2. The van der Waals surface area contributed by atoms with Crippen LogP contribution in [0, 0.1) is 11.6 Å². The third-order valence-electron chi connectivity index (χ3n) is 8.45. The molecule has 1 aromatic heterocycles. The fourth-order valence-corrected chi connectivity index (χ4v) is 6.14. The lowest BCUT2D eigenvalue weighted by Crippen LogP contribution is -2.43. The van der Waals surface area contributed by atoms with E-state index in [0.29, 0.717) is 17.0 Å². The van der Waals surface area contributed by atoms with Gasteiger partial charge in [-0.15, -0.1) is 0 Å². The highest BCUT2D eigenvalue weighted by Gasteiger charge is 2.38. The Balaban J connectivity index is 1.52. The van der Waals surface area contributed by atoms with Crippen molar-refractivity contribution in [1.29, 1.82) is 0 Å². The van der Waals surface area contributed by atoms with Gasteiger partial charge in [-0.3, -0.25) is 9.59 Å². The lowest BCUT2D eigenvalue weighted by molar-refractivity contribution is -0.139. The van der Waals surface area contributed by atoms with E-state index in [1.807, 2.05) is 5.32 Å². The minimum absolute atomic E-state index is 0.0526. The van der Waals surface area contributed by atoms with Crippen molar-refractivity contribution < 1.29 is 54.6 Å². The van der Waals surface area contributed by atoms with Crippen molar-refractivity contribution in [2.24, 2.45) is 7.05 Å². The molecule has 0 fully saturated rings. The largest absolute Gasteiger partial charge is 0.480 e. The highest BCUT2D eigenvalue weighted by atomic mass is 19.4. The number of hydrogen-bond acceptors (Lipinski definition) is 5. The van der Waals surface area contributed by atoms with Crippen molar-refractivity contribution in [2.45, 2.75) is 24.8 Å². The first-order valence-electron chi connectivity index (χ1n) is 15.5. The summed E-state index contributed by atoms with van der Waals surface area (Å²) in [6.07, 6.45) is -10.2. The lowest BCUT2D eigenvalue weighted by Gasteiger charge is -2.26. The van der Waals surface area contributed by atoms with Gasteiger partial charge >= 0.3 is 18.3 Å². The van der Waals surface area contributed by atoms with E-state index in [-0.39, 0.29) is 39.4 Å². The second-order valence-electron chi connectivity index (χ2n) is 11.8. The summed E-state index contributed by atoms with van der Waals surface area (Å²) in [6.45, 7) is -2.21. The minimum atomic E-state index is -4.95. The number of carboxylic acid groups (broad SMARTS) is 1. The topological polar surface area (TPSA) is 101 Å². The molecule has 274 valence electrons. The first-order valence-corrected chi connectivity index (χ1v) is 15.5. The third-order valence-corrected chi connectivity index (χ3v) is 8.45. The van der Waals surface area contributed by atoms with Gasteiger partial charge in [-0.25, -0.2) is 13.6 Å². The zero-order chi connectivity index (χ0) is 38.1. The Bertz CT molecular complexity index is 2210. The number of amides is 1. The van der Waals surface area contributed by atoms with Gasteiger partial charge in [-0.2, -0.15) is 26.3 Å². The normalized spacial score (nSPS) is 12.7. The summed E-state index contributed by atoms with van der Waals surface area (Å²) in [4.78, 5) is 39.5. The van der Waals surface area contributed by atoms with E-state index in [4.69, 9.17) is 4.74 Å². The Morgan fingerprint density at radius 3 is 2.13 bits per heavy atom. The Morgan fingerprint density at radius 1 is 0.904 bits per heavy atom. The number of pyridine rings is 1. The van der Waals surface area contributed by atoms with Gasteiger partial charge in [0.15, 0.2) is 0 Å². The van der Waals surface area contributed by atoms with E-state index in [9.17, 15) is 45.8 Å². The van der Waals surface area contributed by atoms with Crippen LogP contribution in [0.15, 0.2) is 77.6 Å². The van der Waals surface area contributed by atoms with Gasteiger partial charge in [0, 0.05) is 38.2 Å². The molecule has 16 heteroatoms. The predicted octanol–water partition coefficient (Wildman–Crippen LogP) is 7.10. The van der Waals surface area contributed by atoms with Crippen molar-refractivity contribution in [2.75, 3.05) is 31.7 Å². The average molecular weight is 736 g/mol. The van der Waals surface area contributed by atoms with E-state index in [2.05, 4.69) is 0 Å². The van der Waals surface area contributed by atoms with Gasteiger partial charge in [0.25, 0.3) is 11.5 Å². The van der Waals surface area contributed by atoms with Crippen LogP contribution in [0.25, 0.3) is 32.8 Å². The quantitative estimate of drug-likeness (QED) is 0.141. The molecule has 0 unspecified atom stereocenters. The van der Waals surface area contributed by atoms with Crippen molar-refractivity contribution in [1.82, 2.24) is 9.88 Å². The standard InChI is InChI=1S/C36H29F8N3O5/c1-46-28-12-4-3-8-24(28)31(36(42,43)44)29(33(46)49)23-11-6-9-21-19(7-5-10-22(21)23)15-27(34(50)51)45-32(48)30-25(37)16-20(17-26(30)38)47(13-14-52-2)18-35(39,40)41/h3-12,16-17,27H,13-15,18H2,1-2H3,(H,45,48)(H,50,51)/t27-/m0/s1. The first-order chi connectivity index (χ1) is 24.4. The maximum atomic E-state index is 15.1. The molecular weight excluding hydrogens is 706 g/mol. The number of aromatic nitrogens is 1. The molecule has 1 amide bonds. The van der Waals surface area contributed by atoms with E-state index < -0.39 is 89.4 Å². The number of halogens is 8. The fourth-order valence-electron chi connectivity index (χ4n) is 6.14. The Hall–Kier alpha value is -5.51. The van der Waals surface area contributed by atoms with Crippen LogP contribution in [0.4, 0.5) is 40.8 Å². The van der Waals surface area contributed by atoms with Crippen LogP contribution in [-0.2, 0) is 29.2 Å². The number of aliphatic carboxylic acids is 1. The molecule has 4 aromatic carbocycles. The molecule has 0 aliphatic carbocycles. The SMILES string of the molecule is COCCN(CC(F)(F)F)c1cc(F)c(C(=O)N[C@@H](Cc2cccc3c(-c4c(C(F)(F)F)c5ccccc5n(C)c4=O)cccc23)C(=O)O)c(F)c1. The molecular formula is C36H29F8N3O5. The maximum Gasteiger partial charge on any atom is 0.417 e.